The Kier molecular flexibility index (Phi) is 4.52. The highest BCUT2D eigenvalue weighted by atomic mass is 35.5. The fraction of sp³-hybridized carbons (Fsp3) is 1.00. The van der Waals surface area contributed by atoms with Crippen LogP contribution in [0.4, 0.5) is 0 Å². The van der Waals surface area contributed by atoms with Crippen LogP contribution in [0, 0.1) is 0 Å². The van der Waals surface area contributed by atoms with Crippen LogP contribution in [0.3, 0.4) is 0 Å². The van der Waals surface area contributed by atoms with E-state index in [-0.39, 0.29) is 5.38 Å². The van der Waals surface area contributed by atoms with Crippen molar-refractivity contribution in [2.45, 2.75) is 24.1 Å². The van der Waals surface area contributed by atoms with Gasteiger partial charge in [-0.2, -0.15) is 0 Å². The Morgan fingerprint density at radius 2 is 1.90 bits per heavy atom. The Bertz CT molecular complexity index is 95.7. The van der Waals surface area contributed by atoms with E-state index in [1.165, 1.54) is 0 Å². The Hall–Kier alpha value is 0.427. The maximum atomic E-state index is 5.96. The molecule has 4 heteroatoms. The largest absolute Gasteiger partial charge is 0.357 e. The first-order chi connectivity index (χ1) is 4.60. The van der Waals surface area contributed by atoms with Gasteiger partial charge in [-0.15, -0.1) is 11.6 Å². The molecule has 0 heterocycles. The number of rotatable bonds is 4. The molecule has 1 unspecified atom stereocenters. The summed E-state index contributed by atoms with van der Waals surface area (Å²) in [6, 6.07) is 0. The van der Waals surface area contributed by atoms with Crippen LogP contribution < -0.4 is 0 Å². The molecular weight excluding hydrogens is 168 g/mol. The molecule has 0 aromatic carbocycles. The summed E-state index contributed by atoms with van der Waals surface area (Å²) < 4.78 is 10.3. The van der Waals surface area contributed by atoms with Gasteiger partial charge in [0.2, 0.25) is 0 Å². The van der Waals surface area contributed by atoms with E-state index >= 15 is 0 Å². The first kappa shape index (κ1) is 10.4. The minimum atomic E-state index is -0.504. The highest BCUT2D eigenvalue weighted by Crippen LogP contribution is 2.20. The van der Waals surface area contributed by atoms with E-state index < -0.39 is 5.41 Å². The van der Waals surface area contributed by atoms with E-state index in [1.54, 1.807) is 14.2 Å². The molecule has 0 rings (SSSR count). The molecule has 0 aliphatic carbocycles. The van der Waals surface area contributed by atoms with Crippen LogP contribution in [0.5, 0.6) is 0 Å². The molecule has 0 bridgehead atoms. The molecule has 0 radical (unpaired) electrons. The second-order valence-corrected chi connectivity index (χ2v) is 4.22. The van der Waals surface area contributed by atoms with E-state index in [2.05, 4.69) is 0 Å². The molecule has 0 amide bonds. The third-order valence-electron chi connectivity index (χ3n) is 1.74. The maximum Gasteiger partial charge on any atom is 0.156 e. The zero-order chi connectivity index (χ0) is 8.20. The molecule has 1 atom stereocenters. The van der Waals surface area contributed by atoms with Gasteiger partial charge in [-0.05, 0) is 6.42 Å². The highest BCUT2D eigenvalue weighted by Gasteiger charge is 2.30. The molecule has 2 nitrogen and oxygen atoms in total. The minimum Gasteiger partial charge on any atom is -0.357 e. The molecule has 0 aromatic heterocycles. The van der Waals surface area contributed by atoms with Crippen molar-refractivity contribution in [1.29, 1.82) is 0 Å². The zero-order valence-corrected chi connectivity index (χ0v) is 9.73. The predicted molar refractivity (Wildman–Crippen MR) is 46.6 cm³/mol. The second-order valence-electron chi connectivity index (χ2n) is 2.30. The van der Waals surface area contributed by atoms with Crippen LogP contribution in [0.25, 0.3) is 0 Å². The van der Waals surface area contributed by atoms with Crippen LogP contribution in [-0.4, -0.2) is 35.2 Å². The van der Waals surface area contributed by atoms with Gasteiger partial charge in [0, 0.05) is 14.2 Å². The van der Waals surface area contributed by atoms with Crippen molar-refractivity contribution in [1.82, 2.24) is 0 Å². The normalized spacial score (nSPS) is 15.6. The molecule has 0 N–H and O–H groups in total. The standard InChI is InChI=1S/C6H15ClO2Si/c1-4-5(7)6(10,8-2)9-3/h5H,4H2,1-3,10H3. The van der Waals surface area contributed by atoms with Crippen LogP contribution >= 0.6 is 11.6 Å². The summed E-state index contributed by atoms with van der Waals surface area (Å²) in [5, 5.41) is -0.0332. The molecule has 0 fully saturated rings. The number of hydrogen-bond donors (Lipinski definition) is 0. The van der Waals surface area contributed by atoms with Crippen LogP contribution in [0.1, 0.15) is 13.3 Å². The fourth-order valence-corrected chi connectivity index (χ4v) is 1.30. The van der Waals surface area contributed by atoms with Gasteiger partial charge in [-0.25, -0.2) is 0 Å². The second kappa shape index (κ2) is 4.33. The first-order valence-corrected chi connectivity index (χ1v) is 4.78. The van der Waals surface area contributed by atoms with Gasteiger partial charge in [0.25, 0.3) is 0 Å². The summed E-state index contributed by atoms with van der Waals surface area (Å²) in [4.78, 5) is 0. The lowest BCUT2D eigenvalue weighted by Gasteiger charge is -2.30. The van der Waals surface area contributed by atoms with Crippen LogP contribution in [0.2, 0.25) is 0 Å². The molecule has 0 spiro atoms. The Labute approximate surface area is 70.3 Å². The van der Waals surface area contributed by atoms with Crippen molar-refractivity contribution in [3.8, 4) is 0 Å². The van der Waals surface area contributed by atoms with Crippen molar-refractivity contribution >= 4 is 21.8 Å². The Balaban J connectivity index is 4.02. The summed E-state index contributed by atoms with van der Waals surface area (Å²) in [6.07, 6.45) is 0.868. The third kappa shape index (κ3) is 2.23. The van der Waals surface area contributed by atoms with E-state index in [9.17, 15) is 0 Å². The quantitative estimate of drug-likeness (QED) is 0.354. The lowest BCUT2D eigenvalue weighted by molar-refractivity contribution is -0.143. The van der Waals surface area contributed by atoms with E-state index in [1.807, 2.05) is 6.92 Å². The van der Waals surface area contributed by atoms with Gasteiger partial charge < -0.3 is 9.47 Å². The summed E-state index contributed by atoms with van der Waals surface area (Å²) in [6.45, 7) is 2.02. The minimum absolute atomic E-state index is 0.0332. The zero-order valence-electron chi connectivity index (χ0n) is 6.98. The van der Waals surface area contributed by atoms with E-state index in [0.29, 0.717) is 0 Å². The summed E-state index contributed by atoms with van der Waals surface area (Å²) in [5.74, 6) is 0. The average Bonchev–Trinajstić information content (AvgIpc) is 2.01. The number of ether oxygens (including phenoxy) is 2. The van der Waals surface area contributed by atoms with Crippen molar-refractivity contribution < 1.29 is 9.47 Å². The van der Waals surface area contributed by atoms with Gasteiger partial charge in [0.05, 0.1) is 15.6 Å². The van der Waals surface area contributed by atoms with E-state index in [4.69, 9.17) is 21.1 Å². The number of methoxy groups -OCH3 is 2. The molecule has 10 heavy (non-hydrogen) atoms. The molecule has 0 aliphatic rings. The van der Waals surface area contributed by atoms with Gasteiger partial charge in [0.1, 0.15) is 0 Å². The average molecular weight is 183 g/mol. The molecule has 0 aliphatic heterocycles. The lowest BCUT2D eigenvalue weighted by atomic mass is 10.3. The summed E-state index contributed by atoms with van der Waals surface area (Å²) in [7, 11) is 4.04. The van der Waals surface area contributed by atoms with Crippen molar-refractivity contribution in [2.75, 3.05) is 14.2 Å². The van der Waals surface area contributed by atoms with Crippen molar-refractivity contribution in [3.05, 3.63) is 0 Å². The fourth-order valence-electron chi connectivity index (χ4n) is 0.710. The van der Waals surface area contributed by atoms with Crippen molar-refractivity contribution in [3.63, 3.8) is 0 Å². The Morgan fingerprint density at radius 1 is 1.50 bits per heavy atom. The van der Waals surface area contributed by atoms with Crippen molar-refractivity contribution in [2.24, 2.45) is 0 Å². The third-order valence-corrected chi connectivity index (χ3v) is 4.32. The number of hydrogen-bond acceptors (Lipinski definition) is 2. The van der Waals surface area contributed by atoms with E-state index in [0.717, 1.165) is 16.7 Å². The number of halogens is 1. The van der Waals surface area contributed by atoms with Gasteiger partial charge in [-0.1, -0.05) is 6.92 Å². The molecule has 0 aromatic rings. The smallest absolute Gasteiger partial charge is 0.156 e. The summed E-state index contributed by atoms with van der Waals surface area (Å²) in [5.41, 5.74) is -0.504. The number of alkyl halides is 1. The van der Waals surface area contributed by atoms with Gasteiger partial charge >= 0.3 is 0 Å². The monoisotopic (exact) mass is 182 g/mol. The van der Waals surface area contributed by atoms with Gasteiger partial charge in [-0.3, -0.25) is 0 Å². The van der Waals surface area contributed by atoms with Crippen LogP contribution in [-0.2, 0) is 9.47 Å². The SMILES string of the molecule is CCC(Cl)C([SiH3])(OC)OC. The molecule has 0 saturated carbocycles. The maximum absolute atomic E-state index is 5.96. The molecular formula is C6H15ClO2Si. The highest BCUT2D eigenvalue weighted by molar-refractivity contribution is 6.27. The van der Waals surface area contributed by atoms with Crippen LogP contribution in [0.15, 0.2) is 0 Å². The topological polar surface area (TPSA) is 18.5 Å². The lowest BCUT2D eigenvalue weighted by Crippen LogP contribution is -2.43. The first-order valence-electron chi connectivity index (χ1n) is 3.35. The molecule has 62 valence electrons. The molecule has 0 saturated heterocycles. The van der Waals surface area contributed by atoms with Gasteiger partial charge in [0.15, 0.2) is 5.41 Å². The predicted octanol–water partition coefficient (Wildman–Crippen LogP) is 0.316. The Morgan fingerprint density at radius 3 is 2.00 bits per heavy atom. The summed E-state index contributed by atoms with van der Waals surface area (Å²) >= 11 is 5.96.